The smallest absolute Gasteiger partial charge is 0.317 e. The van der Waals surface area contributed by atoms with Gasteiger partial charge in [0.2, 0.25) is 5.91 Å². The van der Waals surface area contributed by atoms with Crippen LogP contribution in [0.2, 0.25) is 0 Å². The molecule has 0 fully saturated rings. The highest BCUT2D eigenvalue weighted by atomic mass is 16.5. The molecule has 2 heterocycles. The summed E-state index contributed by atoms with van der Waals surface area (Å²) in [6, 6.07) is 12.1. The highest BCUT2D eigenvalue weighted by Gasteiger charge is 2.20. The minimum absolute atomic E-state index is 0.00134. The average Bonchev–Trinajstić information content (AvgIpc) is 3.00. The third-order valence-corrected chi connectivity index (χ3v) is 6.08. The van der Waals surface area contributed by atoms with Crippen molar-refractivity contribution >= 4 is 23.3 Å². The predicted octanol–water partition coefficient (Wildman–Crippen LogP) is 3.56. The molecule has 170 valence electrons. The van der Waals surface area contributed by atoms with Crippen LogP contribution in [0.5, 0.6) is 5.75 Å². The summed E-state index contributed by atoms with van der Waals surface area (Å²) in [5.74, 6) is 0.807. The fourth-order valence-electron chi connectivity index (χ4n) is 4.36. The first kappa shape index (κ1) is 22.0. The van der Waals surface area contributed by atoms with Gasteiger partial charge in [0, 0.05) is 43.5 Å². The first-order valence-electron chi connectivity index (χ1n) is 11.4. The molecule has 4 rings (SSSR count). The van der Waals surface area contributed by atoms with Crippen molar-refractivity contribution in [1.29, 1.82) is 0 Å². The molecule has 3 amide bonds. The fraction of sp³-hybridized carbons (Fsp3) is 0.440. The lowest BCUT2D eigenvalue weighted by Crippen LogP contribution is -2.40. The van der Waals surface area contributed by atoms with Crippen LogP contribution in [-0.2, 0) is 24.2 Å². The molecule has 0 spiro atoms. The number of ether oxygens (including phenoxy) is 1. The van der Waals surface area contributed by atoms with Crippen molar-refractivity contribution in [3.8, 4) is 5.75 Å². The van der Waals surface area contributed by atoms with Crippen molar-refractivity contribution < 1.29 is 14.3 Å². The van der Waals surface area contributed by atoms with Crippen molar-refractivity contribution in [3.63, 3.8) is 0 Å². The summed E-state index contributed by atoms with van der Waals surface area (Å²) in [6.45, 7) is 5.08. The number of carbonyl (C=O) groups is 2. The lowest BCUT2D eigenvalue weighted by molar-refractivity contribution is -0.116. The van der Waals surface area contributed by atoms with E-state index in [1.807, 2.05) is 31.2 Å². The lowest BCUT2D eigenvalue weighted by Gasteiger charge is -2.28. The van der Waals surface area contributed by atoms with Gasteiger partial charge in [-0.05, 0) is 55.5 Å². The van der Waals surface area contributed by atoms with Crippen molar-refractivity contribution in [2.75, 3.05) is 43.5 Å². The number of benzene rings is 2. The van der Waals surface area contributed by atoms with E-state index < -0.39 is 0 Å². The number of nitrogens with one attached hydrogen (secondary N) is 2. The Morgan fingerprint density at radius 2 is 1.97 bits per heavy atom. The molecule has 0 aromatic heterocycles. The van der Waals surface area contributed by atoms with Gasteiger partial charge >= 0.3 is 6.03 Å². The normalized spacial score (nSPS) is 15.2. The van der Waals surface area contributed by atoms with Crippen LogP contribution in [0.3, 0.4) is 0 Å². The Balaban J connectivity index is 1.36. The molecular formula is C25H32N4O3. The quantitative estimate of drug-likeness (QED) is 0.752. The number of aryl methyl sites for hydroxylation is 2. The molecule has 2 aliphatic rings. The fourth-order valence-corrected chi connectivity index (χ4v) is 4.36. The number of amides is 3. The summed E-state index contributed by atoms with van der Waals surface area (Å²) in [7, 11) is 2.10. The first-order chi connectivity index (χ1) is 15.5. The Labute approximate surface area is 189 Å². The van der Waals surface area contributed by atoms with E-state index in [9.17, 15) is 9.59 Å². The maximum atomic E-state index is 12.6. The second-order valence-corrected chi connectivity index (χ2v) is 8.46. The highest BCUT2D eigenvalue weighted by Crippen LogP contribution is 2.29. The number of anilines is 2. The minimum Gasteiger partial charge on any atom is -0.491 e. The Morgan fingerprint density at radius 1 is 1.09 bits per heavy atom. The molecule has 2 N–H and O–H groups in total. The molecule has 7 nitrogen and oxygen atoms in total. The Kier molecular flexibility index (Phi) is 6.83. The van der Waals surface area contributed by atoms with Crippen LogP contribution >= 0.6 is 0 Å². The van der Waals surface area contributed by atoms with E-state index in [0.717, 1.165) is 35.5 Å². The third-order valence-electron chi connectivity index (χ3n) is 6.08. The van der Waals surface area contributed by atoms with E-state index in [4.69, 9.17) is 4.74 Å². The van der Waals surface area contributed by atoms with E-state index in [1.165, 1.54) is 17.7 Å². The molecule has 0 bridgehead atoms. The molecule has 0 saturated heterocycles. The van der Waals surface area contributed by atoms with Gasteiger partial charge in [-0.15, -0.1) is 0 Å². The molecule has 32 heavy (non-hydrogen) atoms. The highest BCUT2D eigenvalue weighted by molar-refractivity contribution is 5.91. The zero-order valence-corrected chi connectivity index (χ0v) is 18.9. The van der Waals surface area contributed by atoms with Crippen molar-refractivity contribution in [2.45, 2.75) is 39.2 Å². The molecule has 0 aliphatic carbocycles. The zero-order valence-electron chi connectivity index (χ0n) is 18.9. The van der Waals surface area contributed by atoms with Gasteiger partial charge < -0.3 is 25.2 Å². The minimum atomic E-state index is -0.0792. The summed E-state index contributed by atoms with van der Waals surface area (Å²) in [5.41, 5.74) is 5.42. The van der Waals surface area contributed by atoms with Crippen LogP contribution in [0.25, 0.3) is 0 Å². The van der Waals surface area contributed by atoms with Gasteiger partial charge in [-0.2, -0.15) is 0 Å². The molecule has 0 unspecified atom stereocenters. The number of nitrogens with zero attached hydrogens (tertiary/aromatic N) is 2. The van der Waals surface area contributed by atoms with Crippen LogP contribution in [0.15, 0.2) is 36.4 Å². The Hall–Kier alpha value is -3.22. The SMILES string of the molecule is CCNC(=O)N1CCOc2ccc(CCC(=O)Nc3ccc4c(c3)N(C)CCC4)cc2C1. The van der Waals surface area contributed by atoms with Gasteiger partial charge in [0.25, 0.3) is 0 Å². The van der Waals surface area contributed by atoms with Crippen molar-refractivity contribution in [1.82, 2.24) is 10.2 Å². The average molecular weight is 437 g/mol. The Morgan fingerprint density at radius 3 is 2.81 bits per heavy atom. The number of rotatable bonds is 5. The standard InChI is InChI=1S/C25H32N4O3/c1-3-26-25(31)29-13-14-32-23-10-6-18(15-20(23)17-29)7-11-24(30)27-21-9-8-19-5-4-12-28(2)22(19)16-21/h6,8-10,15-16H,3-5,7,11-14,17H2,1-2H3,(H,26,31)(H,27,30). The van der Waals surface area contributed by atoms with E-state index in [1.54, 1.807) is 4.90 Å². The van der Waals surface area contributed by atoms with Gasteiger partial charge in [-0.1, -0.05) is 18.2 Å². The van der Waals surface area contributed by atoms with Crippen LogP contribution in [0, 0.1) is 0 Å². The van der Waals surface area contributed by atoms with E-state index >= 15 is 0 Å². The molecule has 2 aromatic rings. The van der Waals surface area contributed by atoms with Crippen LogP contribution in [0.4, 0.5) is 16.2 Å². The second kappa shape index (κ2) is 9.94. The number of carbonyl (C=O) groups excluding carboxylic acids is 2. The number of hydrogen-bond acceptors (Lipinski definition) is 4. The monoisotopic (exact) mass is 436 g/mol. The van der Waals surface area contributed by atoms with Crippen LogP contribution in [0.1, 0.15) is 36.5 Å². The topological polar surface area (TPSA) is 73.9 Å². The molecule has 0 radical (unpaired) electrons. The van der Waals surface area contributed by atoms with Gasteiger partial charge in [-0.3, -0.25) is 4.79 Å². The van der Waals surface area contributed by atoms with E-state index in [2.05, 4.69) is 34.7 Å². The maximum Gasteiger partial charge on any atom is 0.317 e. The van der Waals surface area contributed by atoms with Gasteiger partial charge in [0.05, 0.1) is 13.1 Å². The predicted molar refractivity (Wildman–Crippen MR) is 126 cm³/mol. The third kappa shape index (κ3) is 5.15. The first-order valence-corrected chi connectivity index (χ1v) is 11.4. The van der Waals surface area contributed by atoms with Crippen molar-refractivity contribution in [2.24, 2.45) is 0 Å². The number of fused-ring (bicyclic) bond motifs is 2. The Bertz CT molecular complexity index is 991. The molecule has 2 aromatic carbocycles. The maximum absolute atomic E-state index is 12.6. The molecule has 2 aliphatic heterocycles. The second-order valence-electron chi connectivity index (χ2n) is 8.46. The van der Waals surface area contributed by atoms with Crippen molar-refractivity contribution in [3.05, 3.63) is 53.1 Å². The summed E-state index contributed by atoms with van der Waals surface area (Å²) in [5, 5.41) is 5.89. The zero-order chi connectivity index (χ0) is 22.5. The molecule has 0 atom stereocenters. The summed E-state index contributed by atoms with van der Waals surface area (Å²) < 4.78 is 5.82. The molecular weight excluding hydrogens is 404 g/mol. The number of hydrogen-bond donors (Lipinski definition) is 2. The van der Waals surface area contributed by atoms with E-state index in [0.29, 0.717) is 39.1 Å². The molecule has 7 heteroatoms. The van der Waals surface area contributed by atoms with Crippen LogP contribution in [-0.4, -0.2) is 50.1 Å². The molecule has 0 saturated carbocycles. The summed E-state index contributed by atoms with van der Waals surface area (Å²) >= 11 is 0. The van der Waals surface area contributed by atoms with Gasteiger partial charge in [0.1, 0.15) is 12.4 Å². The number of urea groups is 1. The lowest BCUT2D eigenvalue weighted by atomic mass is 10.0. The summed E-state index contributed by atoms with van der Waals surface area (Å²) in [6.07, 6.45) is 3.28. The van der Waals surface area contributed by atoms with Gasteiger partial charge in [-0.25, -0.2) is 4.79 Å². The van der Waals surface area contributed by atoms with E-state index in [-0.39, 0.29) is 11.9 Å². The van der Waals surface area contributed by atoms with Crippen LogP contribution < -0.4 is 20.3 Å². The van der Waals surface area contributed by atoms with Gasteiger partial charge in [0.15, 0.2) is 0 Å². The summed E-state index contributed by atoms with van der Waals surface area (Å²) in [4.78, 5) is 28.8. The largest absolute Gasteiger partial charge is 0.491 e.